The van der Waals surface area contributed by atoms with E-state index in [1.54, 1.807) is 44.3 Å². The fourth-order valence-corrected chi connectivity index (χ4v) is 3.20. The van der Waals surface area contributed by atoms with E-state index in [9.17, 15) is 10.1 Å². The molecule has 0 unspecified atom stereocenters. The second-order valence-electron chi connectivity index (χ2n) is 6.19. The molecule has 136 valence electrons. The van der Waals surface area contributed by atoms with Crippen LogP contribution in [0.3, 0.4) is 0 Å². The van der Waals surface area contributed by atoms with Gasteiger partial charge in [-0.05, 0) is 25.0 Å². The average Bonchev–Trinajstić information content (AvgIpc) is 3.07. The normalized spacial score (nSPS) is 14.8. The summed E-state index contributed by atoms with van der Waals surface area (Å²) < 4.78 is 10.9. The van der Waals surface area contributed by atoms with Crippen molar-refractivity contribution in [1.29, 1.82) is 5.26 Å². The maximum atomic E-state index is 12.9. The van der Waals surface area contributed by atoms with Crippen molar-refractivity contribution in [3.8, 4) is 11.8 Å². The monoisotopic (exact) mass is 355 g/mol. The van der Waals surface area contributed by atoms with E-state index in [4.69, 9.17) is 9.15 Å². The fourth-order valence-electron chi connectivity index (χ4n) is 3.20. The summed E-state index contributed by atoms with van der Waals surface area (Å²) in [5.41, 5.74) is 0.294. The Hall–Kier alpha value is -3.08. The number of oxazole rings is 1. The Balaban J connectivity index is 1.68. The fraction of sp³-hybridized carbons (Fsp3) is 0.444. The minimum Gasteiger partial charge on any atom is -0.493 e. The van der Waals surface area contributed by atoms with Crippen molar-refractivity contribution in [2.45, 2.75) is 19.8 Å². The smallest absolute Gasteiger partial charge is 0.234 e. The van der Waals surface area contributed by atoms with Crippen LogP contribution in [0.15, 0.2) is 22.7 Å². The predicted octanol–water partition coefficient (Wildman–Crippen LogP) is 2.14. The van der Waals surface area contributed by atoms with Gasteiger partial charge in [-0.2, -0.15) is 5.26 Å². The third-order valence-corrected chi connectivity index (χ3v) is 4.57. The van der Waals surface area contributed by atoms with Crippen LogP contribution in [0, 0.1) is 24.2 Å². The van der Waals surface area contributed by atoms with Gasteiger partial charge in [0, 0.05) is 39.2 Å². The summed E-state index contributed by atoms with van der Waals surface area (Å²) in [6.07, 6.45) is 2.98. The number of anilines is 2. The van der Waals surface area contributed by atoms with E-state index in [1.165, 1.54) is 0 Å². The lowest BCUT2D eigenvalue weighted by molar-refractivity contribution is -0.122. The number of nitriles is 1. The Bertz CT molecular complexity index is 834. The molecule has 0 spiro atoms. The molecule has 0 radical (unpaired) electrons. The lowest BCUT2D eigenvalue weighted by atomic mass is 9.95. The molecule has 0 N–H and O–H groups in total. The molecule has 0 atom stereocenters. The van der Waals surface area contributed by atoms with Crippen molar-refractivity contribution in [1.82, 2.24) is 9.97 Å². The van der Waals surface area contributed by atoms with E-state index in [2.05, 4.69) is 16.0 Å². The number of amides is 1. The van der Waals surface area contributed by atoms with Gasteiger partial charge in [-0.25, -0.2) is 9.97 Å². The second kappa shape index (κ2) is 7.44. The maximum Gasteiger partial charge on any atom is 0.234 e. The molecule has 2 aromatic heterocycles. The third-order valence-electron chi connectivity index (χ3n) is 4.57. The van der Waals surface area contributed by atoms with Gasteiger partial charge in [0.1, 0.15) is 6.07 Å². The molecule has 3 heterocycles. The van der Waals surface area contributed by atoms with Gasteiger partial charge >= 0.3 is 0 Å². The first-order valence-electron chi connectivity index (χ1n) is 8.44. The highest BCUT2D eigenvalue weighted by Gasteiger charge is 2.31. The molecule has 0 bridgehead atoms. The Morgan fingerprint density at radius 1 is 1.46 bits per heavy atom. The SMILES string of the molecule is COc1cccnc1N(C)C(=O)C1CCN(c2oc(C)nc2C#N)CC1. The average molecular weight is 355 g/mol. The standard InChI is InChI=1S/C18H21N5O3/c1-12-21-14(11-19)18(26-12)23-9-6-13(7-10-23)17(24)22(2)16-15(25-3)5-4-8-20-16/h4-5,8,13H,6-7,9-10H2,1-3H3. The van der Waals surface area contributed by atoms with Gasteiger partial charge in [0.05, 0.1) is 7.11 Å². The molecule has 26 heavy (non-hydrogen) atoms. The number of aryl methyl sites for hydroxylation is 1. The lowest BCUT2D eigenvalue weighted by Gasteiger charge is -2.32. The van der Waals surface area contributed by atoms with Gasteiger partial charge in [-0.3, -0.25) is 9.69 Å². The highest BCUT2D eigenvalue weighted by molar-refractivity contribution is 5.95. The van der Waals surface area contributed by atoms with E-state index >= 15 is 0 Å². The summed E-state index contributed by atoms with van der Waals surface area (Å²) in [6, 6.07) is 5.61. The maximum absolute atomic E-state index is 12.9. The van der Waals surface area contributed by atoms with Crippen LogP contribution in [0.1, 0.15) is 24.4 Å². The van der Waals surface area contributed by atoms with Crippen molar-refractivity contribution in [3.05, 3.63) is 29.9 Å². The van der Waals surface area contributed by atoms with E-state index in [0.29, 0.717) is 55.0 Å². The number of piperidine rings is 1. The van der Waals surface area contributed by atoms with Crippen LogP contribution in [0.4, 0.5) is 11.7 Å². The van der Waals surface area contributed by atoms with E-state index in [1.807, 2.05) is 4.90 Å². The zero-order valence-electron chi connectivity index (χ0n) is 15.1. The first-order chi connectivity index (χ1) is 12.5. The van der Waals surface area contributed by atoms with Crippen LogP contribution in [-0.2, 0) is 4.79 Å². The number of hydrogen-bond donors (Lipinski definition) is 0. The molecule has 0 saturated carbocycles. The molecular weight excluding hydrogens is 334 g/mol. The number of nitrogens with zero attached hydrogens (tertiary/aromatic N) is 5. The number of carbonyl (C=O) groups is 1. The first kappa shape index (κ1) is 17.7. The zero-order valence-corrected chi connectivity index (χ0v) is 15.1. The molecule has 1 aliphatic rings. The van der Waals surface area contributed by atoms with E-state index in [0.717, 1.165) is 0 Å². The molecule has 0 aromatic carbocycles. The van der Waals surface area contributed by atoms with Crippen LogP contribution in [0.25, 0.3) is 0 Å². The van der Waals surface area contributed by atoms with Gasteiger partial charge in [-0.1, -0.05) is 0 Å². The molecule has 2 aromatic rings. The Morgan fingerprint density at radius 2 is 2.19 bits per heavy atom. The molecule has 3 rings (SSSR count). The van der Waals surface area contributed by atoms with Crippen LogP contribution in [-0.4, -0.2) is 43.1 Å². The second-order valence-corrected chi connectivity index (χ2v) is 6.19. The molecule has 1 fully saturated rings. The van der Waals surface area contributed by atoms with E-state index in [-0.39, 0.29) is 11.8 Å². The first-order valence-corrected chi connectivity index (χ1v) is 8.44. The summed E-state index contributed by atoms with van der Waals surface area (Å²) in [5.74, 6) is 1.94. The Labute approximate surface area is 152 Å². The zero-order chi connectivity index (χ0) is 18.7. The molecular formula is C18H21N5O3. The van der Waals surface area contributed by atoms with E-state index < -0.39 is 0 Å². The summed E-state index contributed by atoms with van der Waals surface area (Å²) in [7, 11) is 3.27. The number of methoxy groups -OCH3 is 1. The number of pyridine rings is 1. The van der Waals surface area contributed by atoms with Crippen molar-refractivity contribution in [2.75, 3.05) is 37.0 Å². The summed E-state index contributed by atoms with van der Waals surface area (Å²) in [6.45, 7) is 2.98. The van der Waals surface area contributed by atoms with Crippen molar-refractivity contribution < 1.29 is 13.9 Å². The number of rotatable bonds is 4. The summed E-state index contributed by atoms with van der Waals surface area (Å²) in [5, 5.41) is 9.17. The van der Waals surface area contributed by atoms with Crippen LogP contribution in [0.5, 0.6) is 5.75 Å². The molecule has 0 aliphatic carbocycles. The van der Waals surface area contributed by atoms with Crippen molar-refractivity contribution >= 4 is 17.6 Å². The topological polar surface area (TPSA) is 95.5 Å². The molecule has 1 amide bonds. The molecule has 1 aliphatic heterocycles. The largest absolute Gasteiger partial charge is 0.493 e. The summed E-state index contributed by atoms with van der Waals surface area (Å²) in [4.78, 5) is 24.7. The number of aromatic nitrogens is 2. The Kier molecular flexibility index (Phi) is 5.07. The van der Waals surface area contributed by atoms with Crippen molar-refractivity contribution in [3.63, 3.8) is 0 Å². The summed E-state index contributed by atoms with van der Waals surface area (Å²) >= 11 is 0. The van der Waals surface area contributed by atoms with Crippen LogP contribution >= 0.6 is 0 Å². The van der Waals surface area contributed by atoms with Gasteiger partial charge in [0.15, 0.2) is 17.5 Å². The van der Waals surface area contributed by atoms with Crippen LogP contribution < -0.4 is 14.5 Å². The number of carbonyl (C=O) groups excluding carboxylic acids is 1. The quantitative estimate of drug-likeness (QED) is 0.829. The highest BCUT2D eigenvalue weighted by Crippen LogP contribution is 2.30. The lowest BCUT2D eigenvalue weighted by Crippen LogP contribution is -2.41. The van der Waals surface area contributed by atoms with Gasteiger partial charge < -0.3 is 14.1 Å². The minimum atomic E-state index is -0.113. The number of hydrogen-bond acceptors (Lipinski definition) is 7. The highest BCUT2D eigenvalue weighted by atomic mass is 16.5. The van der Waals surface area contributed by atoms with Gasteiger partial charge in [0.25, 0.3) is 0 Å². The third kappa shape index (κ3) is 3.33. The number of ether oxygens (including phenoxy) is 1. The van der Waals surface area contributed by atoms with Crippen molar-refractivity contribution in [2.24, 2.45) is 5.92 Å². The van der Waals surface area contributed by atoms with Crippen LogP contribution in [0.2, 0.25) is 0 Å². The Morgan fingerprint density at radius 3 is 2.85 bits per heavy atom. The minimum absolute atomic E-state index is 0.0101. The molecule has 1 saturated heterocycles. The van der Waals surface area contributed by atoms with Gasteiger partial charge in [-0.15, -0.1) is 0 Å². The predicted molar refractivity (Wildman–Crippen MR) is 95.1 cm³/mol. The molecule has 8 heteroatoms. The molecule has 8 nitrogen and oxygen atoms in total. The van der Waals surface area contributed by atoms with Gasteiger partial charge in [0.2, 0.25) is 17.5 Å².